The van der Waals surface area contributed by atoms with Crippen molar-refractivity contribution in [3.05, 3.63) is 35.4 Å². The quantitative estimate of drug-likeness (QED) is 0.745. The molecule has 1 aromatic rings. The monoisotopic (exact) mass is 358 g/mol. The second-order valence-electron chi connectivity index (χ2n) is 7.00. The molecular weight excluding hydrogens is 329 g/mol. The summed E-state index contributed by atoms with van der Waals surface area (Å²) in [6, 6.07) is 5.82. The van der Waals surface area contributed by atoms with Gasteiger partial charge in [-0.15, -0.1) is 0 Å². The van der Waals surface area contributed by atoms with Crippen molar-refractivity contribution in [1.29, 1.82) is 0 Å². The summed E-state index contributed by atoms with van der Waals surface area (Å²) in [7, 11) is 0. The Bertz CT molecular complexity index is 531. The number of hydrogen-bond donors (Lipinski definition) is 1. The number of benzene rings is 1. The van der Waals surface area contributed by atoms with Gasteiger partial charge in [0.1, 0.15) is 0 Å². The molecule has 1 aromatic carbocycles. The number of amides is 1. The summed E-state index contributed by atoms with van der Waals surface area (Å²) < 4.78 is 37.7. The molecule has 0 aliphatic carbocycles. The lowest BCUT2D eigenvalue weighted by Gasteiger charge is -2.30. The highest BCUT2D eigenvalue weighted by Gasteiger charge is 2.30. The Hall–Kier alpha value is -1.56. The molecule has 142 valence electrons. The highest BCUT2D eigenvalue weighted by molar-refractivity contribution is 5.76. The molecule has 6 heteroatoms. The zero-order valence-electron chi connectivity index (χ0n) is 15.7. The molecule has 25 heavy (non-hydrogen) atoms. The van der Waals surface area contributed by atoms with Crippen LogP contribution in [0.4, 0.5) is 13.2 Å². The van der Waals surface area contributed by atoms with Crippen LogP contribution in [0, 0.1) is 0 Å². The molecule has 0 aliphatic heterocycles. The summed E-state index contributed by atoms with van der Waals surface area (Å²) in [5.74, 6) is -0.214. The standard InChI is InChI=1S/C19H29F3N2O/c1-13(2)24(14(3)4)11-10-23-18(25)12-15(5)16-6-8-17(9-7-16)19(20,21)22/h6-9,13-15H,10-12H2,1-5H3,(H,23,25). The van der Waals surface area contributed by atoms with E-state index in [-0.39, 0.29) is 18.2 Å². The molecule has 1 rings (SSSR count). The van der Waals surface area contributed by atoms with Crippen LogP contribution in [0.25, 0.3) is 0 Å². The lowest BCUT2D eigenvalue weighted by atomic mass is 9.96. The van der Waals surface area contributed by atoms with Crippen LogP contribution in [0.2, 0.25) is 0 Å². The van der Waals surface area contributed by atoms with Crippen molar-refractivity contribution in [2.75, 3.05) is 13.1 Å². The van der Waals surface area contributed by atoms with E-state index in [1.165, 1.54) is 12.1 Å². The zero-order chi connectivity index (χ0) is 19.2. The lowest BCUT2D eigenvalue weighted by Crippen LogP contribution is -2.42. The Kier molecular flexibility index (Phi) is 7.93. The number of carbonyl (C=O) groups is 1. The molecule has 0 bridgehead atoms. The van der Waals surface area contributed by atoms with Crippen molar-refractivity contribution in [2.24, 2.45) is 0 Å². The molecule has 0 aromatic heterocycles. The van der Waals surface area contributed by atoms with E-state index in [4.69, 9.17) is 0 Å². The fourth-order valence-corrected chi connectivity index (χ4v) is 2.91. The smallest absolute Gasteiger partial charge is 0.355 e. The SMILES string of the molecule is CC(CC(=O)NCCN(C(C)C)C(C)C)c1ccc(C(F)(F)F)cc1. The first-order valence-electron chi connectivity index (χ1n) is 8.72. The number of nitrogens with zero attached hydrogens (tertiary/aromatic N) is 1. The van der Waals surface area contributed by atoms with E-state index < -0.39 is 11.7 Å². The predicted molar refractivity (Wildman–Crippen MR) is 94.5 cm³/mol. The molecular formula is C19H29F3N2O. The third-order valence-corrected chi connectivity index (χ3v) is 4.32. The first kappa shape index (κ1) is 21.5. The third kappa shape index (κ3) is 7.06. The summed E-state index contributed by atoms with van der Waals surface area (Å²) >= 11 is 0. The minimum Gasteiger partial charge on any atom is -0.355 e. The number of carbonyl (C=O) groups excluding carboxylic acids is 1. The van der Waals surface area contributed by atoms with Crippen molar-refractivity contribution in [1.82, 2.24) is 10.2 Å². The van der Waals surface area contributed by atoms with E-state index in [9.17, 15) is 18.0 Å². The Morgan fingerprint density at radius 2 is 1.56 bits per heavy atom. The molecule has 1 N–H and O–H groups in total. The maximum atomic E-state index is 12.6. The van der Waals surface area contributed by atoms with E-state index in [2.05, 4.69) is 37.9 Å². The summed E-state index contributed by atoms with van der Waals surface area (Å²) in [5, 5.41) is 2.90. The number of nitrogens with one attached hydrogen (secondary N) is 1. The van der Waals surface area contributed by atoms with Gasteiger partial charge >= 0.3 is 6.18 Å². The van der Waals surface area contributed by atoms with Gasteiger partial charge in [-0.2, -0.15) is 13.2 Å². The highest BCUT2D eigenvalue weighted by Crippen LogP contribution is 2.30. The van der Waals surface area contributed by atoms with Crippen molar-refractivity contribution in [3.63, 3.8) is 0 Å². The molecule has 0 radical (unpaired) electrons. The van der Waals surface area contributed by atoms with E-state index in [0.29, 0.717) is 18.6 Å². The van der Waals surface area contributed by atoms with Gasteiger partial charge in [0.05, 0.1) is 5.56 Å². The predicted octanol–water partition coefficient (Wildman–Crippen LogP) is 4.43. The Labute approximate surface area is 148 Å². The Morgan fingerprint density at radius 3 is 2.00 bits per heavy atom. The van der Waals surface area contributed by atoms with Gasteiger partial charge < -0.3 is 5.32 Å². The molecule has 0 saturated carbocycles. The van der Waals surface area contributed by atoms with Crippen LogP contribution in [0.1, 0.15) is 58.1 Å². The van der Waals surface area contributed by atoms with Gasteiger partial charge in [-0.05, 0) is 51.3 Å². The molecule has 0 saturated heterocycles. The molecule has 0 aliphatic rings. The maximum Gasteiger partial charge on any atom is 0.416 e. The van der Waals surface area contributed by atoms with E-state index in [0.717, 1.165) is 24.2 Å². The van der Waals surface area contributed by atoms with Gasteiger partial charge in [0.2, 0.25) is 5.91 Å². The maximum absolute atomic E-state index is 12.6. The van der Waals surface area contributed by atoms with E-state index in [1.54, 1.807) is 0 Å². The summed E-state index contributed by atoms with van der Waals surface area (Å²) in [6.45, 7) is 11.7. The van der Waals surface area contributed by atoms with E-state index in [1.807, 2.05) is 6.92 Å². The fourth-order valence-electron chi connectivity index (χ4n) is 2.91. The molecule has 0 fully saturated rings. The summed E-state index contributed by atoms with van der Waals surface area (Å²) in [6.07, 6.45) is -4.08. The second kappa shape index (κ2) is 9.22. The zero-order valence-corrected chi connectivity index (χ0v) is 15.7. The topological polar surface area (TPSA) is 32.3 Å². The Morgan fingerprint density at radius 1 is 1.04 bits per heavy atom. The van der Waals surface area contributed by atoms with Crippen molar-refractivity contribution in [2.45, 2.75) is 65.2 Å². The van der Waals surface area contributed by atoms with Crippen LogP contribution in [0.15, 0.2) is 24.3 Å². The van der Waals surface area contributed by atoms with Crippen LogP contribution in [0.3, 0.4) is 0 Å². The van der Waals surface area contributed by atoms with Crippen LogP contribution >= 0.6 is 0 Å². The van der Waals surface area contributed by atoms with Crippen molar-refractivity contribution < 1.29 is 18.0 Å². The average Bonchev–Trinajstić information content (AvgIpc) is 2.50. The van der Waals surface area contributed by atoms with Gasteiger partial charge in [0.15, 0.2) is 0 Å². The largest absolute Gasteiger partial charge is 0.416 e. The van der Waals surface area contributed by atoms with Gasteiger partial charge in [-0.25, -0.2) is 0 Å². The first-order chi connectivity index (χ1) is 11.5. The third-order valence-electron chi connectivity index (χ3n) is 4.32. The minimum absolute atomic E-state index is 0.0835. The van der Waals surface area contributed by atoms with Gasteiger partial charge in [0.25, 0.3) is 0 Å². The second-order valence-corrected chi connectivity index (χ2v) is 7.00. The molecule has 3 nitrogen and oxygen atoms in total. The highest BCUT2D eigenvalue weighted by atomic mass is 19.4. The normalized spacial score (nSPS) is 13.6. The van der Waals surface area contributed by atoms with Crippen molar-refractivity contribution in [3.8, 4) is 0 Å². The molecule has 1 atom stereocenters. The summed E-state index contributed by atoms with van der Waals surface area (Å²) in [4.78, 5) is 14.4. The average molecular weight is 358 g/mol. The molecule has 0 spiro atoms. The molecule has 1 unspecified atom stereocenters. The number of hydrogen-bond acceptors (Lipinski definition) is 2. The van der Waals surface area contributed by atoms with Crippen LogP contribution in [-0.4, -0.2) is 36.0 Å². The van der Waals surface area contributed by atoms with E-state index >= 15 is 0 Å². The fraction of sp³-hybridized carbons (Fsp3) is 0.632. The lowest BCUT2D eigenvalue weighted by molar-refractivity contribution is -0.137. The molecule has 1 amide bonds. The van der Waals surface area contributed by atoms with Crippen LogP contribution in [0.5, 0.6) is 0 Å². The van der Waals surface area contributed by atoms with Crippen molar-refractivity contribution >= 4 is 5.91 Å². The van der Waals surface area contributed by atoms with Gasteiger partial charge in [-0.1, -0.05) is 19.1 Å². The van der Waals surface area contributed by atoms with Gasteiger partial charge in [-0.3, -0.25) is 9.69 Å². The Balaban J connectivity index is 2.49. The minimum atomic E-state index is -4.34. The summed E-state index contributed by atoms with van der Waals surface area (Å²) in [5.41, 5.74) is 0.0597. The number of halogens is 3. The first-order valence-corrected chi connectivity index (χ1v) is 8.72. The van der Waals surface area contributed by atoms with Crippen LogP contribution in [-0.2, 0) is 11.0 Å². The van der Waals surface area contributed by atoms with Crippen LogP contribution < -0.4 is 5.32 Å². The number of rotatable bonds is 8. The van der Waals surface area contributed by atoms with Gasteiger partial charge in [0, 0.05) is 31.6 Å². The molecule has 0 heterocycles. The number of alkyl halides is 3.